The number of ether oxygens (including phenoxy) is 1. The maximum Gasteiger partial charge on any atom is 0.315 e. The summed E-state index contributed by atoms with van der Waals surface area (Å²) in [5.74, 6) is 0.588. The molecule has 0 aromatic heterocycles. The molecule has 2 heterocycles. The summed E-state index contributed by atoms with van der Waals surface area (Å²) in [7, 11) is -2.51. The molecule has 0 aliphatic carbocycles. The number of carbonyl (C=O) groups is 1. The molecule has 2 fully saturated rings. The first-order valence-corrected chi connectivity index (χ1v) is 11.5. The molecular weight excluding hydrogens is 413 g/mol. The van der Waals surface area contributed by atoms with Gasteiger partial charge in [0.05, 0.1) is 28.5 Å². The SMILES string of the molecule is O=C(NCC1CN(Cc2ccc(Cl)c(Cl)c2)CCO1)NC1CCS(O)(O)C1. The molecule has 2 unspecified atom stereocenters. The topological polar surface area (TPSA) is 94.1 Å². The number of nitrogens with zero attached hydrogens (tertiary/aromatic N) is 1. The molecule has 10 heteroatoms. The molecule has 4 N–H and O–H groups in total. The van der Waals surface area contributed by atoms with Crippen molar-refractivity contribution in [3.8, 4) is 0 Å². The lowest BCUT2D eigenvalue weighted by atomic mass is 10.2. The van der Waals surface area contributed by atoms with Crippen molar-refractivity contribution < 1.29 is 18.6 Å². The fraction of sp³-hybridized carbons (Fsp3) is 0.588. The molecule has 2 aliphatic rings. The Hall–Kier alpha value is -0.740. The van der Waals surface area contributed by atoms with Crippen LogP contribution in [-0.2, 0) is 11.3 Å². The highest BCUT2D eigenvalue weighted by Gasteiger charge is 2.29. The normalized spacial score (nSPS) is 26.5. The molecule has 7 nitrogen and oxygen atoms in total. The highest BCUT2D eigenvalue weighted by molar-refractivity contribution is 8.24. The van der Waals surface area contributed by atoms with Gasteiger partial charge in [-0.2, -0.15) is 10.6 Å². The van der Waals surface area contributed by atoms with E-state index in [2.05, 4.69) is 15.5 Å². The van der Waals surface area contributed by atoms with E-state index < -0.39 is 10.6 Å². The van der Waals surface area contributed by atoms with Crippen LogP contribution in [0, 0.1) is 0 Å². The maximum absolute atomic E-state index is 12.0. The van der Waals surface area contributed by atoms with E-state index in [0.717, 1.165) is 18.7 Å². The van der Waals surface area contributed by atoms with Crippen LogP contribution in [0.15, 0.2) is 18.2 Å². The third kappa shape index (κ3) is 6.39. The van der Waals surface area contributed by atoms with Gasteiger partial charge in [0.1, 0.15) is 0 Å². The van der Waals surface area contributed by atoms with Crippen LogP contribution >= 0.6 is 33.8 Å². The van der Waals surface area contributed by atoms with Gasteiger partial charge in [0, 0.05) is 38.0 Å². The third-order valence-corrected chi connectivity index (χ3v) is 7.26. The Labute approximate surface area is 170 Å². The molecule has 1 aromatic rings. The minimum atomic E-state index is -2.51. The summed E-state index contributed by atoms with van der Waals surface area (Å²) in [6.07, 6.45) is 0.490. The van der Waals surface area contributed by atoms with Crippen LogP contribution in [-0.4, -0.2) is 69.9 Å². The van der Waals surface area contributed by atoms with E-state index in [1.165, 1.54) is 0 Å². The summed E-state index contributed by atoms with van der Waals surface area (Å²) in [6.45, 7) is 3.24. The van der Waals surface area contributed by atoms with Crippen LogP contribution in [0.1, 0.15) is 12.0 Å². The summed E-state index contributed by atoms with van der Waals surface area (Å²) in [5.41, 5.74) is 1.08. The minimum absolute atomic E-state index is 0.101. The maximum atomic E-state index is 12.0. The summed E-state index contributed by atoms with van der Waals surface area (Å²) in [4.78, 5) is 14.3. The predicted molar refractivity (Wildman–Crippen MR) is 109 cm³/mol. The first-order chi connectivity index (χ1) is 12.8. The van der Waals surface area contributed by atoms with Crippen molar-refractivity contribution in [1.82, 2.24) is 15.5 Å². The number of hydrogen-bond donors (Lipinski definition) is 4. The van der Waals surface area contributed by atoms with Crippen molar-refractivity contribution in [3.05, 3.63) is 33.8 Å². The number of amides is 2. The van der Waals surface area contributed by atoms with E-state index in [1.54, 1.807) is 6.07 Å². The number of hydrogen-bond acceptors (Lipinski definition) is 5. The molecule has 152 valence electrons. The lowest BCUT2D eigenvalue weighted by molar-refractivity contribution is -0.0287. The van der Waals surface area contributed by atoms with Crippen LogP contribution in [0.2, 0.25) is 10.0 Å². The van der Waals surface area contributed by atoms with Gasteiger partial charge in [0.15, 0.2) is 0 Å². The highest BCUT2D eigenvalue weighted by atomic mass is 35.5. The van der Waals surface area contributed by atoms with Gasteiger partial charge in [-0.05, 0) is 24.1 Å². The summed E-state index contributed by atoms with van der Waals surface area (Å²) < 4.78 is 25.0. The number of nitrogens with one attached hydrogen (secondary N) is 2. The number of halogens is 2. The van der Waals surface area contributed by atoms with Crippen molar-refractivity contribution in [2.24, 2.45) is 0 Å². The lowest BCUT2D eigenvalue weighted by Crippen LogP contribution is -2.50. The second-order valence-electron chi connectivity index (χ2n) is 6.99. The van der Waals surface area contributed by atoms with Crippen LogP contribution < -0.4 is 10.6 Å². The van der Waals surface area contributed by atoms with Gasteiger partial charge in [-0.25, -0.2) is 4.79 Å². The molecule has 0 bridgehead atoms. The van der Waals surface area contributed by atoms with Crippen LogP contribution in [0.5, 0.6) is 0 Å². The van der Waals surface area contributed by atoms with E-state index in [-0.39, 0.29) is 23.9 Å². The first kappa shape index (κ1) is 21.0. The predicted octanol–water partition coefficient (Wildman–Crippen LogP) is 3.02. The largest absolute Gasteiger partial charge is 0.374 e. The zero-order valence-corrected chi connectivity index (χ0v) is 17.2. The zero-order valence-electron chi connectivity index (χ0n) is 14.9. The van der Waals surface area contributed by atoms with E-state index in [0.29, 0.717) is 41.9 Å². The third-order valence-electron chi connectivity index (χ3n) is 4.70. The Morgan fingerprint density at radius 2 is 2.15 bits per heavy atom. The molecule has 2 amide bonds. The average Bonchev–Trinajstić information content (AvgIpc) is 2.95. The molecule has 1 aromatic carbocycles. The Balaban J connectivity index is 1.41. The van der Waals surface area contributed by atoms with Crippen molar-refractivity contribution in [1.29, 1.82) is 0 Å². The standard InChI is InChI=1S/C17H25Cl2N3O4S/c18-15-2-1-12(7-16(15)19)9-22-4-5-26-14(10-22)8-20-17(23)21-13-3-6-27(24,25)11-13/h1-2,7,13-14,24-25H,3-6,8-11H2,(H2,20,21,23). The van der Waals surface area contributed by atoms with Crippen LogP contribution in [0.25, 0.3) is 0 Å². The Bertz CT molecular complexity index is 680. The Kier molecular flexibility index (Phi) is 7.13. The molecule has 0 saturated carbocycles. The van der Waals surface area contributed by atoms with E-state index in [1.807, 2.05) is 12.1 Å². The Morgan fingerprint density at radius 3 is 2.85 bits per heavy atom. The second kappa shape index (κ2) is 9.17. The average molecular weight is 438 g/mol. The molecule has 2 atom stereocenters. The van der Waals surface area contributed by atoms with E-state index >= 15 is 0 Å². The van der Waals surface area contributed by atoms with Gasteiger partial charge in [-0.15, -0.1) is 0 Å². The van der Waals surface area contributed by atoms with Gasteiger partial charge < -0.3 is 15.4 Å². The van der Waals surface area contributed by atoms with Crippen LogP contribution in [0.3, 0.4) is 0 Å². The smallest absolute Gasteiger partial charge is 0.315 e. The molecule has 27 heavy (non-hydrogen) atoms. The molecular formula is C17H25Cl2N3O4S. The number of morpholine rings is 1. The lowest BCUT2D eigenvalue weighted by Gasteiger charge is -2.33. The summed E-state index contributed by atoms with van der Waals surface area (Å²) in [5, 5.41) is 6.69. The monoisotopic (exact) mass is 437 g/mol. The Morgan fingerprint density at radius 1 is 1.33 bits per heavy atom. The molecule has 2 saturated heterocycles. The second-order valence-corrected chi connectivity index (χ2v) is 10.1. The van der Waals surface area contributed by atoms with Crippen molar-refractivity contribution in [3.63, 3.8) is 0 Å². The van der Waals surface area contributed by atoms with Gasteiger partial charge in [-0.1, -0.05) is 29.3 Å². The van der Waals surface area contributed by atoms with Crippen molar-refractivity contribution >= 4 is 39.8 Å². The van der Waals surface area contributed by atoms with Gasteiger partial charge in [0.25, 0.3) is 0 Å². The number of carbonyl (C=O) groups excluding carboxylic acids is 1. The van der Waals surface area contributed by atoms with Gasteiger partial charge in [-0.3, -0.25) is 14.0 Å². The highest BCUT2D eigenvalue weighted by Crippen LogP contribution is 2.45. The zero-order chi connectivity index (χ0) is 19.4. The van der Waals surface area contributed by atoms with Crippen molar-refractivity contribution in [2.75, 3.05) is 37.7 Å². The van der Waals surface area contributed by atoms with Crippen molar-refractivity contribution in [2.45, 2.75) is 25.1 Å². The van der Waals surface area contributed by atoms with E-state index in [9.17, 15) is 13.9 Å². The fourth-order valence-corrected chi connectivity index (χ4v) is 5.36. The first-order valence-electron chi connectivity index (χ1n) is 8.86. The number of rotatable bonds is 5. The van der Waals surface area contributed by atoms with Gasteiger partial charge >= 0.3 is 6.03 Å². The van der Waals surface area contributed by atoms with E-state index in [4.69, 9.17) is 27.9 Å². The minimum Gasteiger partial charge on any atom is -0.374 e. The quantitative estimate of drug-likeness (QED) is 0.567. The number of urea groups is 1. The summed E-state index contributed by atoms with van der Waals surface area (Å²) in [6, 6.07) is 5.12. The molecule has 0 radical (unpaired) electrons. The summed E-state index contributed by atoms with van der Waals surface area (Å²) >= 11 is 12.0. The molecule has 0 spiro atoms. The molecule has 2 aliphatic heterocycles. The molecule has 3 rings (SSSR count). The van der Waals surface area contributed by atoms with Crippen LogP contribution in [0.4, 0.5) is 4.79 Å². The number of benzene rings is 1. The van der Waals surface area contributed by atoms with Gasteiger partial charge in [0.2, 0.25) is 0 Å². The fourth-order valence-electron chi connectivity index (χ4n) is 3.32.